The number of fused-ring (bicyclic) bond motifs is 5. The van der Waals surface area contributed by atoms with Gasteiger partial charge in [0.15, 0.2) is 5.82 Å². The predicted octanol–water partition coefficient (Wildman–Crippen LogP) is 17.1. The maximum Gasteiger partial charge on any atom is 0.160 e. The lowest BCUT2D eigenvalue weighted by molar-refractivity contribution is 0.669. The van der Waals surface area contributed by atoms with Crippen molar-refractivity contribution in [3.8, 4) is 56.2 Å². The molecule has 3 heteroatoms. The Bertz CT molecular complexity index is 4220. The van der Waals surface area contributed by atoms with Gasteiger partial charge in [0.25, 0.3) is 0 Å². The van der Waals surface area contributed by atoms with Crippen LogP contribution in [-0.2, 0) is 0 Å². The molecule has 0 unspecified atom stereocenters. The number of rotatable bonds is 5. The van der Waals surface area contributed by atoms with Crippen molar-refractivity contribution >= 4 is 86.6 Å². The van der Waals surface area contributed by atoms with Crippen LogP contribution >= 0.6 is 0 Å². The summed E-state index contributed by atoms with van der Waals surface area (Å²) in [7, 11) is 0. The highest BCUT2D eigenvalue weighted by Gasteiger charge is 2.19. The van der Waals surface area contributed by atoms with Crippen LogP contribution in [0, 0.1) is 0 Å². The van der Waals surface area contributed by atoms with Gasteiger partial charge in [0.2, 0.25) is 0 Å². The van der Waals surface area contributed by atoms with E-state index in [-0.39, 0.29) is 0 Å². The fraction of sp³-hybridized carbons (Fsp3) is 0. The standard InChI is InChI=1S/C62H36N2O/c1-2-11-42(12-3-1)62-63-53(36-54(64-62)50-22-10-24-56-61(50)51-18-4-5-23-55(51)65-56)38-27-25-37(26-28-38)43-16-6-17-44(33-43)46-34-45-32-31-41-14-8-20-48-47-19-7-13-39-29-30-40-15-9-21-49(59(40)57(39)47)52(35-46)60(45)58(41)48/h1-36H. The maximum absolute atomic E-state index is 6.28. The Morgan fingerprint density at radius 3 is 1.51 bits per heavy atom. The van der Waals surface area contributed by atoms with E-state index >= 15 is 0 Å². The summed E-state index contributed by atoms with van der Waals surface area (Å²) in [5, 5.41) is 17.6. The molecule has 0 amide bonds. The van der Waals surface area contributed by atoms with Crippen molar-refractivity contribution in [2.24, 2.45) is 0 Å². The Hall–Kier alpha value is -8.66. The molecule has 0 aliphatic carbocycles. The normalized spacial score (nSPS) is 12.0. The second-order valence-corrected chi connectivity index (χ2v) is 17.2. The van der Waals surface area contributed by atoms with Crippen LogP contribution in [0.1, 0.15) is 0 Å². The molecule has 0 aliphatic heterocycles. The number of nitrogens with zero attached hydrogens (tertiary/aromatic N) is 2. The van der Waals surface area contributed by atoms with Crippen LogP contribution in [0.2, 0.25) is 0 Å². The minimum atomic E-state index is 0.682. The third-order valence-corrected chi connectivity index (χ3v) is 13.6. The summed E-state index contributed by atoms with van der Waals surface area (Å²) in [6.45, 7) is 0. The summed E-state index contributed by atoms with van der Waals surface area (Å²) in [5.41, 5.74) is 11.1. The van der Waals surface area contributed by atoms with Crippen molar-refractivity contribution in [2.45, 2.75) is 0 Å². The van der Waals surface area contributed by atoms with Crippen molar-refractivity contribution in [1.29, 1.82) is 0 Å². The van der Waals surface area contributed by atoms with E-state index in [1.807, 2.05) is 42.5 Å². The average Bonchev–Trinajstić information content (AvgIpc) is 3.76. The van der Waals surface area contributed by atoms with Gasteiger partial charge in [0.05, 0.1) is 11.4 Å². The first-order valence-corrected chi connectivity index (χ1v) is 22.2. The van der Waals surface area contributed by atoms with Crippen molar-refractivity contribution in [2.75, 3.05) is 0 Å². The quantitative estimate of drug-likeness (QED) is 0.162. The first kappa shape index (κ1) is 35.9. The number of hydrogen-bond acceptors (Lipinski definition) is 3. The van der Waals surface area contributed by atoms with Gasteiger partial charge in [-0.2, -0.15) is 0 Å². The Kier molecular flexibility index (Phi) is 7.69. The van der Waals surface area contributed by atoms with E-state index in [1.165, 1.54) is 75.8 Å². The van der Waals surface area contributed by atoms with Gasteiger partial charge in [-0.15, -0.1) is 0 Å². The summed E-state index contributed by atoms with van der Waals surface area (Å²) in [4.78, 5) is 10.3. The summed E-state index contributed by atoms with van der Waals surface area (Å²) >= 11 is 0. The molecule has 300 valence electrons. The lowest BCUT2D eigenvalue weighted by Crippen LogP contribution is -1.96. The molecule has 0 bridgehead atoms. The van der Waals surface area contributed by atoms with Gasteiger partial charge in [-0.1, -0.05) is 182 Å². The second-order valence-electron chi connectivity index (χ2n) is 17.2. The van der Waals surface area contributed by atoms with Gasteiger partial charge in [-0.3, -0.25) is 0 Å². The molecule has 0 saturated heterocycles. The molecule has 2 aromatic heterocycles. The summed E-state index contributed by atoms with van der Waals surface area (Å²) in [5.74, 6) is 0.682. The molecular formula is C62H36N2O. The molecule has 0 aliphatic rings. The Labute approximate surface area is 373 Å². The number of furan rings is 1. The molecule has 12 aromatic carbocycles. The zero-order chi connectivity index (χ0) is 42.6. The van der Waals surface area contributed by atoms with Crippen LogP contribution in [0.25, 0.3) is 143 Å². The van der Waals surface area contributed by atoms with Crippen LogP contribution in [0.15, 0.2) is 223 Å². The van der Waals surface area contributed by atoms with Crippen LogP contribution in [0.3, 0.4) is 0 Å². The van der Waals surface area contributed by atoms with Crippen molar-refractivity contribution < 1.29 is 4.42 Å². The minimum Gasteiger partial charge on any atom is -0.456 e. The van der Waals surface area contributed by atoms with Gasteiger partial charge >= 0.3 is 0 Å². The van der Waals surface area contributed by atoms with Crippen LogP contribution in [0.5, 0.6) is 0 Å². The number of hydrogen-bond donors (Lipinski definition) is 0. The van der Waals surface area contributed by atoms with E-state index in [0.29, 0.717) is 5.82 Å². The fourth-order valence-corrected chi connectivity index (χ4v) is 10.6. The summed E-state index contributed by atoms with van der Waals surface area (Å²) in [6.07, 6.45) is 0. The summed E-state index contributed by atoms with van der Waals surface area (Å²) in [6, 6.07) is 78.9. The highest BCUT2D eigenvalue weighted by atomic mass is 16.3. The molecule has 2 heterocycles. The molecular weight excluding hydrogens is 789 g/mol. The van der Waals surface area contributed by atoms with Gasteiger partial charge in [0, 0.05) is 27.5 Å². The molecule has 0 spiro atoms. The lowest BCUT2D eigenvalue weighted by atomic mass is 9.86. The number of aromatic nitrogens is 2. The first-order valence-electron chi connectivity index (χ1n) is 22.2. The number of benzene rings is 11. The molecule has 0 saturated carbocycles. The fourth-order valence-electron chi connectivity index (χ4n) is 10.6. The second kappa shape index (κ2) is 13.9. The van der Waals surface area contributed by atoms with Crippen molar-refractivity contribution in [3.63, 3.8) is 0 Å². The predicted molar refractivity (Wildman–Crippen MR) is 273 cm³/mol. The highest BCUT2D eigenvalue weighted by Crippen LogP contribution is 2.45. The smallest absolute Gasteiger partial charge is 0.160 e. The third-order valence-electron chi connectivity index (χ3n) is 13.6. The average molecular weight is 825 g/mol. The van der Waals surface area contributed by atoms with E-state index in [4.69, 9.17) is 14.4 Å². The zero-order valence-corrected chi connectivity index (χ0v) is 35.1. The van der Waals surface area contributed by atoms with Gasteiger partial charge < -0.3 is 4.42 Å². The highest BCUT2D eigenvalue weighted by molar-refractivity contribution is 6.37. The third kappa shape index (κ3) is 5.56. The minimum absolute atomic E-state index is 0.682. The molecule has 14 rings (SSSR count). The Morgan fingerprint density at radius 2 is 0.785 bits per heavy atom. The first-order chi connectivity index (χ1) is 32.2. The topological polar surface area (TPSA) is 38.9 Å². The molecule has 0 fully saturated rings. The maximum atomic E-state index is 6.28. The van der Waals surface area contributed by atoms with E-state index in [1.54, 1.807) is 0 Å². The summed E-state index contributed by atoms with van der Waals surface area (Å²) < 4.78 is 6.28. The van der Waals surface area contributed by atoms with E-state index < -0.39 is 0 Å². The van der Waals surface area contributed by atoms with Crippen LogP contribution in [0.4, 0.5) is 0 Å². The molecule has 14 aromatic rings. The van der Waals surface area contributed by atoms with E-state index in [9.17, 15) is 0 Å². The van der Waals surface area contributed by atoms with E-state index in [0.717, 1.165) is 61.1 Å². The van der Waals surface area contributed by atoms with Gasteiger partial charge in [0.1, 0.15) is 11.2 Å². The van der Waals surface area contributed by atoms with Crippen molar-refractivity contribution in [3.05, 3.63) is 218 Å². The van der Waals surface area contributed by atoms with Crippen molar-refractivity contribution in [1.82, 2.24) is 9.97 Å². The monoisotopic (exact) mass is 824 g/mol. The van der Waals surface area contributed by atoms with Gasteiger partial charge in [-0.05, 0) is 123 Å². The SMILES string of the molecule is c1ccc(-c2nc(-c3ccc(-c4cccc(-c5cc6ccc7cccc8c9cccc%10ccc%11cccc(c(c5)c6c78)c%11c%109)c4)cc3)cc(-c3cccc4oc5ccccc5c34)n2)cc1. The van der Waals surface area contributed by atoms with Gasteiger partial charge in [-0.25, -0.2) is 9.97 Å². The Balaban J connectivity index is 0.908. The molecule has 0 atom stereocenters. The molecule has 65 heavy (non-hydrogen) atoms. The lowest BCUT2D eigenvalue weighted by Gasteiger charge is -2.17. The van der Waals surface area contributed by atoms with Crippen LogP contribution in [-0.4, -0.2) is 9.97 Å². The largest absolute Gasteiger partial charge is 0.456 e. The number of para-hydroxylation sites is 1. The Morgan fingerprint density at radius 1 is 0.262 bits per heavy atom. The van der Waals surface area contributed by atoms with Crippen LogP contribution < -0.4 is 0 Å². The molecule has 0 radical (unpaired) electrons. The molecule has 0 N–H and O–H groups in total. The molecule has 3 nitrogen and oxygen atoms in total. The zero-order valence-electron chi connectivity index (χ0n) is 35.1. The van der Waals surface area contributed by atoms with E-state index in [2.05, 4.69) is 176 Å².